The third-order valence-electron chi connectivity index (χ3n) is 9.42. The third-order valence-corrected chi connectivity index (χ3v) is 9.73. The summed E-state index contributed by atoms with van der Waals surface area (Å²) in [6.07, 6.45) is 5.89. The zero-order valence-electron chi connectivity index (χ0n) is 26.1. The second-order valence-corrected chi connectivity index (χ2v) is 13.9. The fraction of sp³-hybridized carbons (Fsp3) is 0.457. The molecule has 0 unspecified atom stereocenters. The van der Waals surface area contributed by atoms with Crippen molar-refractivity contribution in [1.82, 2.24) is 19.8 Å². The lowest BCUT2D eigenvalue weighted by molar-refractivity contribution is 0.0240. The molecule has 4 aromatic rings. The fourth-order valence-electron chi connectivity index (χ4n) is 7.19. The minimum atomic E-state index is -0.564. The van der Waals surface area contributed by atoms with Crippen LogP contribution in [0.25, 0.3) is 32.9 Å². The van der Waals surface area contributed by atoms with Crippen LogP contribution in [0.5, 0.6) is 5.75 Å². The van der Waals surface area contributed by atoms with Gasteiger partial charge in [0.1, 0.15) is 35.0 Å². The van der Waals surface area contributed by atoms with Crippen molar-refractivity contribution in [2.75, 3.05) is 50.8 Å². The number of carbonyl (C=O) groups is 1. The topological polar surface area (TPSA) is 71.0 Å². The van der Waals surface area contributed by atoms with Crippen LogP contribution < -0.4 is 9.64 Å². The van der Waals surface area contributed by atoms with Crippen LogP contribution in [-0.2, 0) is 4.74 Å². The average molecular weight is 632 g/mol. The van der Waals surface area contributed by atoms with E-state index in [0.29, 0.717) is 60.3 Å². The van der Waals surface area contributed by atoms with Crippen molar-refractivity contribution < 1.29 is 18.7 Å². The number of amides is 1. The SMILES string of the molecule is CC(C)(C)OC(=O)N1CCN(c2cc(OCC34CCCN3CCC4)c3cnc(-c4cccc5cccc(Cl)c45)c(F)c3n2)CC1. The Morgan fingerprint density at radius 2 is 1.73 bits per heavy atom. The third kappa shape index (κ3) is 5.65. The summed E-state index contributed by atoms with van der Waals surface area (Å²) >= 11 is 6.62. The Bertz CT molecular complexity index is 1750. The summed E-state index contributed by atoms with van der Waals surface area (Å²) in [5, 5.41) is 2.74. The van der Waals surface area contributed by atoms with Crippen molar-refractivity contribution in [1.29, 1.82) is 0 Å². The van der Waals surface area contributed by atoms with E-state index in [0.717, 1.165) is 36.7 Å². The molecule has 0 aliphatic carbocycles. The lowest BCUT2D eigenvalue weighted by atomic mass is 9.95. The van der Waals surface area contributed by atoms with Crippen LogP contribution in [0.2, 0.25) is 5.02 Å². The van der Waals surface area contributed by atoms with Crippen LogP contribution in [0.3, 0.4) is 0 Å². The molecular weight excluding hydrogens is 593 g/mol. The lowest BCUT2D eigenvalue weighted by Crippen LogP contribution is -2.50. The van der Waals surface area contributed by atoms with Gasteiger partial charge in [-0.05, 0) is 71.0 Å². The molecule has 0 spiro atoms. The molecule has 0 saturated carbocycles. The number of rotatable bonds is 5. The van der Waals surface area contributed by atoms with E-state index in [2.05, 4.69) is 14.8 Å². The Morgan fingerprint density at radius 3 is 2.44 bits per heavy atom. The van der Waals surface area contributed by atoms with Gasteiger partial charge in [0.05, 0.1) is 10.9 Å². The van der Waals surface area contributed by atoms with Gasteiger partial charge < -0.3 is 19.3 Å². The maximum absolute atomic E-state index is 16.7. The first-order valence-electron chi connectivity index (χ1n) is 15.9. The van der Waals surface area contributed by atoms with Gasteiger partial charge in [0.15, 0.2) is 5.82 Å². The van der Waals surface area contributed by atoms with E-state index in [1.165, 1.54) is 12.8 Å². The molecule has 2 aromatic carbocycles. The van der Waals surface area contributed by atoms with Gasteiger partial charge in [-0.15, -0.1) is 0 Å². The summed E-state index contributed by atoms with van der Waals surface area (Å²) in [7, 11) is 0. The van der Waals surface area contributed by atoms with Crippen LogP contribution in [0.15, 0.2) is 48.7 Å². The number of nitrogens with zero attached hydrogens (tertiary/aromatic N) is 5. The summed E-state index contributed by atoms with van der Waals surface area (Å²) in [5.41, 5.74) is 0.484. The number of ether oxygens (including phenoxy) is 2. The Balaban J connectivity index is 1.27. The minimum Gasteiger partial charge on any atom is -0.491 e. The van der Waals surface area contributed by atoms with Crippen LogP contribution in [-0.4, -0.2) is 82.9 Å². The van der Waals surface area contributed by atoms with Gasteiger partial charge in [0, 0.05) is 54.4 Å². The smallest absolute Gasteiger partial charge is 0.410 e. The molecule has 0 radical (unpaired) electrons. The van der Waals surface area contributed by atoms with Crippen LogP contribution >= 0.6 is 11.6 Å². The zero-order chi connectivity index (χ0) is 31.3. The van der Waals surface area contributed by atoms with E-state index < -0.39 is 11.4 Å². The average Bonchev–Trinajstić information content (AvgIpc) is 3.60. The lowest BCUT2D eigenvalue weighted by Gasteiger charge is -2.36. The number of fused-ring (bicyclic) bond motifs is 3. The predicted molar refractivity (Wildman–Crippen MR) is 176 cm³/mol. The number of pyridine rings is 2. The number of carbonyl (C=O) groups excluding carboxylic acids is 1. The summed E-state index contributed by atoms with van der Waals surface area (Å²) in [6.45, 7) is 10.3. The largest absolute Gasteiger partial charge is 0.491 e. The van der Waals surface area contributed by atoms with Gasteiger partial charge in [-0.3, -0.25) is 9.88 Å². The van der Waals surface area contributed by atoms with Crippen LogP contribution in [0.1, 0.15) is 46.5 Å². The van der Waals surface area contributed by atoms with Gasteiger partial charge >= 0.3 is 6.09 Å². The number of aromatic nitrogens is 2. The van der Waals surface area contributed by atoms with Gasteiger partial charge in [-0.1, -0.05) is 41.9 Å². The summed E-state index contributed by atoms with van der Waals surface area (Å²) in [4.78, 5) is 28.6. The number of hydrogen-bond donors (Lipinski definition) is 0. The molecule has 45 heavy (non-hydrogen) atoms. The molecule has 5 heterocycles. The molecule has 8 nitrogen and oxygen atoms in total. The van der Waals surface area contributed by atoms with Crippen molar-refractivity contribution >= 4 is 45.2 Å². The van der Waals surface area contributed by atoms with E-state index >= 15 is 4.39 Å². The van der Waals surface area contributed by atoms with Gasteiger partial charge in [0.25, 0.3) is 0 Å². The summed E-state index contributed by atoms with van der Waals surface area (Å²) < 4.78 is 28.9. The molecule has 3 saturated heterocycles. The van der Waals surface area contributed by atoms with Crippen molar-refractivity contribution in [3.8, 4) is 17.0 Å². The van der Waals surface area contributed by atoms with Gasteiger partial charge in [0.2, 0.25) is 0 Å². The van der Waals surface area contributed by atoms with Gasteiger partial charge in [-0.2, -0.15) is 0 Å². The standard InChI is InChI=1S/C35H39ClFN5O3/c1-34(2,3)45-33(43)41-18-16-40(17-19-41)28-20-27(44-22-35-12-6-14-42(35)15-7-13-35)25-21-38-31(30(37)32(25)39-28)24-10-4-8-23-9-5-11-26(36)29(23)24/h4-5,8-11,20-21H,6-7,12-19,22H2,1-3H3. The van der Waals surface area contributed by atoms with E-state index in [4.69, 9.17) is 26.1 Å². The predicted octanol–water partition coefficient (Wildman–Crippen LogP) is 7.31. The van der Waals surface area contributed by atoms with Crippen molar-refractivity contribution in [2.45, 2.75) is 57.6 Å². The molecule has 0 bridgehead atoms. The summed E-state index contributed by atoms with van der Waals surface area (Å²) in [5.74, 6) is 0.674. The second kappa shape index (κ2) is 11.6. The maximum Gasteiger partial charge on any atom is 0.410 e. The monoisotopic (exact) mass is 631 g/mol. The number of piperazine rings is 1. The Labute approximate surface area is 268 Å². The zero-order valence-corrected chi connectivity index (χ0v) is 26.9. The van der Waals surface area contributed by atoms with Crippen molar-refractivity contribution in [2.24, 2.45) is 0 Å². The number of hydrogen-bond acceptors (Lipinski definition) is 7. The van der Waals surface area contributed by atoms with Crippen molar-refractivity contribution in [3.05, 3.63) is 59.5 Å². The molecular formula is C35H39ClFN5O3. The van der Waals surface area contributed by atoms with Crippen LogP contribution in [0.4, 0.5) is 15.0 Å². The number of benzene rings is 2. The molecule has 0 atom stereocenters. The normalized spacial score (nSPS) is 18.5. The maximum atomic E-state index is 16.7. The van der Waals surface area contributed by atoms with Gasteiger partial charge in [-0.25, -0.2) is 14.2 Å². The quantitative estimate of drug-likeness (QED) is 0.229. The highest BCUT2D eigenvalue weighted by Crippen LogP contribution is 2.41. The van der Waals surface area contributed by atoms with Crippen molar-refractivity contribution in [3.63, 3.8) is 0 Å². The van der Waals surface area contributed by atoms with E-state index in [9.17, 15) is 4.79 Å². The highest BCUT2D eigenvalue weighted by Gasteiger charge is 2.45. The molecule has 236 valence electrons. The highest BCUT2D eigenvalue weighted by molar-refractivity contribution is 6.36. The second-order valence-electron chi connectivity index (χ2n) is 13.5. The molecule has 7 rings (SSSR count). The fourth-order valence-corrected chi connectivity index (χ4v) is 7.47. The van der Waals surface area contributed by atoms with Crippen LogP contribution in [0, 0.1) is 5.82 Å². The molecule has 0 N–H and O–H groups in total. The first-order chi connectivity index (χ1) is 21.6. The number of anilines is 1. The number of halogens is 2. The molecule has 2 aromatic heterocycles. The highest BCUT2D eigenvalue weighted by atomic mass is 35.5. The Hall–Kier alpha value is -3.69. The molecule has 1 amide bonds. The summed E-state index contributed by atoms with van der Waals surface area (Å²) in [6, 6.07) is 13.2. The Kier molecular flexibility index (Phi) is 7.72. The molecule has 3 fully saturated rings. The Morgan fingerprint density at radius 1 is 1.02 bits per heavy atom. The van der Waals surface area contributed by atoms with E-state index in [1.54, 1.807) is 17.2 Å². The first-order valence-corrected chi connectivity index (χ1v) is 16.3. The van der Waals surface area contributed by atoms with E-state index in [1.807, 2.05) is 57.2 Å². The molecule has 3 aliphatic rings. The molecule has 3 aliphatic heterocycles. The first kappa shape index (κ1) is 30.0. The van der Waals surface area contributed by atoms with E-state index in [-0.39, 0.29) is 22.8 Å². The molecule has 10 heteroatoms. The minimum absolute atomic E-state index is 0.0282.